The van der Waals surface area contributed by atoms with Crippen LogP contribution in [0, 0.1) is 11.8 Å². The zero-order valence-corrected chi connectivity index (χ0v) is 18.5. The molecule has 2 N–H and O–H groups in total. The van der Waals surface area contributed by atoms with Crippen LogP contribution in [0.15, 0.2) is 60.9 Å². The summed E-state index contributed by atoms with van der Waals surface area (Å²) in [4.78, 5) is 24.4. The molecule has 1 fully saturated rings. The molecule has 0 aliphatic heterocycles. The normalized spacial score (nSPS) is 20.6. The Balaban J connectivity index is 2.17. The Kier molecular flexibility index (Phi) is 8.62. The highest BCUT2D eigenvalue weighted by atomic mass is 79.9. The largest absolute Gasteiger partial charge is 0.465 e. The molecule has 0 heterocycles. The Morgan fingerprint density at radius 1 is 1.37 bits per heavy atom. The van der Waals surface area contributed by atoms with E-state index in [1.165, 1.54) is 0 Å². The van der Waals surface area contributed by atoms with Crippen molar-refractivity contribution in [2.75, 3.05) is 7.11 Å². The van der Waals surface area contributed by atoms with Gasteiger partial charge in [-0.05, 0) is 65.7 Å². The Bertz CT molecular complexity index is 812. The van der Waals surface area contributed by atoms with Crippen molar-refractivity contribution in [3.63, 3.8) is 0 Å². The van der Waals surface area contributed by atoms with Gasteiger partial charge in [-0.2, -0.15) is 0 Å². The summed E-state index contributed by atoms with van der Waals surface area (Å²) in [6, 6.07) is 8.22. The number of halogens is 1. The molecule has 0 amide bonds. The maximum Gasteiger partial charge on any atom is 0.367 e. The summed E-state index contributed by atoms with van der Waals surface area (Å²) >= 11 is 2.99. The van der Waals surface area contributed by atoms with Crippen molar-refractivity contribution in [1.82, 2.24) is 0 Å². The van der Waals surface area contributed by atoms with Crippen molar-refractivity contribution >= 4 is 27.7 Å². The minimum Gasteiger partial charge on any atom is -0.465 e. The molecule has 6 nitrogen and oxygen atoms in total. The number of ether oxygens (including phenoxy) is 2. The number of allylic oxidation sites excluding steroid dienone is 1. The van der Waals surface area contributed by atoms with Crippen molar-refractivity contribution < 1.29 is 29.3 Å². The molecule has 1 unspecified atom stereocenters. The Morgan fingerprint density at radius 3 is 2.70 bits per heavy atom. The number of rotatable bonds is 10. The molecule has 1 aliphatic rings. The number of benzene rings is 1. The van der Waals surface area contributed by atoms with Gasteiger partial charge in [0.2, 0.25) is 0 Å². The van der Waals surface area contributed by atoms with Gasteiger partial charge in [0, 0.05) is 18.4 Å². The van der Waals surface area contributed by atoms with Gasteiger partial charge in [0.25, 0.3) is 5.79 Å². The number of hydrogen-bond donors (Lipinski definition) is 2. The van der Waals surface area contributed by atoms with E-state index in [9.17, 15) is 19.8 Å². The van der Waals surface area contributed by atoms with E-state index >= 15 is 0 Å². The lowest BCUT2D eigenvalue weighted by molar-refractivity contribution is -0.208. The van der Waals surface area contributed by atoms with Crippen LogP contribution in [0.4, 0.5) is 0 Å². The van der Waals surface area contributed by atoms with Gasteiger partial charge in [0.05, 0.1) is 7.11 Å². The minimum atomic E-state index is -2.78. The second-order valence-corrected chi connectivity index (χ2v) is 8.33. The standard InChI is InChI=1S/C23H27BrO6/c1-3-4-10-17-14-15-20(25)19(17)13-8-9-16-22(27,28)23(24,21(26)29-2)30-18-11-6-5-7-12-18/h3,5-8,11-12,16-17,19,27-28H,1,4,10,13-15H2,2H3/t9?,17-,19+,23?/m0/s1/i27+0,28+0. The highest BCUT2D eigenvalue weighted by Crippen LogP contribution is 2.36. The monoisotopic (exact) mass is 478 g/mol. The fourth-order valence-corrected chi connectivity index (χ4v) is 3.95. The number of alkyl halides is 1. The Morgan fingerprint density at radius 2 is 2.07 bits per heavy atom. The second-order valence-electron chi connectivity index (χ2n) is 7.22. The van der Waals surface area contributed by atoms with Crippen LogP contribution >= 0.6 is 15.9 Å². The number of aliphatic hydroxyl groups is 2. The van der Waals surface area contributed by atoms with E-state index in [0.29, 0.717) is 12.8 Å². The molecule has 0 spiro atoms. The molecular weight excluding hydrogens is 452 g/mol. The van der Waals surface area contributed by atoms with E-state index < -0.39 is 16.3 Å². The van der Waals surface area contributed by atoms with E-state index in [0.717, 1.165) is 32.4 Å². The molecule has 2 rings (SSSR count). The molecule has 3 atom stereocenters. The Hall–Kier alpha value is -2.18. The quantitative estimate of drug-likeness (QED) is 0.175. The number of carbonyl (C=O) groups is 2. The fraction of sp³-hybridized carbons (Fsp3) is 0.435. The molecule has 162 valence electrons. The molecule has 1 saturated carbocycles. The van der Waals surface area contributed by atoms with Crippen LogP contribution in [-0.4, -0.2) is 39.4 Å². The molecule has 1 aliphatic carbocycles. The van der Waals surface area contributed by atoms with Crippen LogP contribution in [-0.2, 0) is 14.3 Å². The summed E-state index contributed by atoms with van der Waals surface area (Å²) in [6.45, 7) is 3.72. The number of esters is 1. The first-order valence-corrected chi connectivity index (χ1v) is 10.6. The number of hydrogen-bond acceptors (Lipinski definition) is 6. The number of carbonyl (C=O) groups excluding carboxylic acids is 2. The van der Waals surface area contributed by atoms with E-state index in [-0.39, 0.29) is 23.4 Å². The summed E-state index contributed by atoms with van der Waals surface area (Å²) in [5.74, 6) is -3.22. The van der Waals surface area contributed by atoms with Gasteiger partial charge >= 0.3 is 10.5 Å². The van der Waals surface area contributed by atoms with Crippen molar-refractivity contribution in [2.24, 2.45) is 11.8 Å². The molecule has 1 aromatic rings. The minimum absolute atomic E-state index is 0.118. The number of methoxy groups -OCH3 is 1. The second kappa shape index (κ2) is 10.7. The van der Waals surface area contributed by atoms with Crippen LogP contribution in [0.25, 0.3) is 0 Å². The zero-order valence-electron chi connectivity index (χ0n) is 16.9. The van der Waals surface area contributed by atoms with E-state index in [4.69, 9.17) is 4.74 Å². The molecular formula is C23H27BrO6. The lowest BCUT2D eigenvalue weighted by Crippen LogP contribution is -2.58. The van der Waals surface area contributed by atoms with Crippen molar-refractivity contribution in [3.8, 4) is 5.75 Å². The average molecular weight is 479 g/mol. The lowest BCUT2D eigenvalue weighted by Gasteiger charge is -2.34. The molecule has 0 saturated heterocycles. The average Bonchev–Trinajstić information content (AvgIpc) is 3.08. The SMILES string of the molecule is C=CCC[C@H]1CCC(=O)[C@@H]1CC=C=CC([16OH])([16OH])C(Br)(Oc1ccccc1)C(=O)OC. The molecule has 7 heteroatoms. The maximum absolute atomic E-state index is 12.3. The summed E-state index contributed by atoms with van der Waals surface area (Å²) in [6.07, 6.45) is 7.92. The molecule has 1 aromatic carbocycles. The fourth-order valence-electron chi connectivity index (χ4n) is 3.49. The summed E-state index contributed by atoms with van der Waals surface area (Å²) in [5, 5.41) is 21.2. The maximum atomic E-state index is 12.3. The molecule has 0 bridgehead atoms. The topological polar surface area (TPSA) is 93.1 Å². The Labute approximate surface area is 185 Å². The van der Waals surface area contributed by atoms with Gasteiger partial charge in [-0.1, -0.05) is 24.3 Å². The van der Waals surface area contributed by atoms with Gasteiger partial charge in [-0.25, -0.2) is 4.79 Å². The van der Waals surface area contributed by atoms with E-state index in [1.807, 2.05) is 6.08 Å². The highest BCUT2D eigenvalue weighted by molar-refractivity contribution is 9.10. The lowest BCUT2D eigenvalue weighted by atomic mass is 9.88. The first kappa shape index (κ1) is 24.1. The van der Waals surface area contributed by atoms with Crippen LogP contribution in [0.5, 0.6) is 5.75 Å². The number of ketones is 1. The predicted molar refractivity (Wildman–Crippen MR) is 116 cm³/mol. The van der Waals surface area contributed by atoms with Crippen molar-refractivity contribution in [1.29, 1.82) is 0 Å². The number of para-hydroxylation sites is 1. The van der Waals surface area contributed by atoms with E-state index in [2.05, 4.69) is 33.0 Å². The van der Waals surface area contributed by atoms with E-state index in [1.54, 1.807) is 36.4 Å². The van der Waals surface area contributed by atoms with Crippen molar-refractivity contribution in [3.05, 3.63) is 60.9 Å². The summed E-state index contributed by atoms with van der Waals surface area (Å²) in [7, 11) is 1.11. The smallest absolute Gasteiger partial charge is 0.367 e. The third-order valence-corrected chi connectivity index (χ3v) is 6.25. The van der Waals surface area contributed by atoms with Gasteiger partial charge in [0.15, 0.2) is 0 Å². The van der Waals surface area contributed by atoms with Crippen LogP contribution in [0.2, 0.25) is 0 Å². The van der Waals surface area contributed by atoms with Crippen LogP contribution in [0.3, 0.4) is 0 Å². The third-order valence-electron chi connectivity index (χ3n) is 5.18. The van der Waals surface area contributed by atoms with Crippen LogP contribution in [0.1, 0.15) is 32.1 Å². The molecule has 0 radical (unpaired) electrons. The van der Waals surface area contributed by atoms with Gasteiger partial charge in [-0.15, -0.1) is 12.3 Å². The summed E-state index contributed by atoms with van der Waals surface area (Å²) < 4.78 is 7.89. The third kappa shape index (κ3) is 5.70. The zero-order chi connectivity index (χ0) is 22.2. The summed E-state index contributed by atoms with van der Waals surface area (Å²) in [5.41, 5.74) is 2.68. The van der Waals surface area contributed by atoms with Gasteiger partial charge in [-0.3, -0.25) is 4.79 Å². The first-order valence-electron chi connectivity index (χ1n) is 9.77. The number of Topliss-reactive ketones (excluding diaryl/α,β-unsaturated/α-hetero) is 1. The predicted octanol–water partition coefficient (Wildman–Crippen LogP) is 3.67. The first-order chi connectivity index (χ1) is 14.2. The van der Waals surface area contributed by atoms with Crippen molar-refractivity contribution in [2.45, 2.75) is 42.4 Å². The van der Waals surface area contributed by atoms with Gasteiger partial charge < -0.3 is 19.7 Å². The molecule has 0 aromatic heterocycles. The molecule has 30 heavy (non-hydrogen) atoms. The van der Waals surface area contributed by atoms with Gasteiger partial charge in [0.1, 0.15) is 11.5 Å². The highest BCUT2D eigenvalue weighted by Gasteiger charge is 2.57. The van der Waals surface area contributed by atoms with Crippen LogP contribution < -0.4 is 4.74 Å².